The van der Waals surface area contributed by atoms with Crippen LogP contribution < -0.4 is 11.1 Å². The maximum Gasteiger partial charge on any atom is 0.251 e. The van der Waals surface area contributed by atoms with Crippen LogP contribution in [0.1, 0.15) is 82.5 Å². The fourth-order valence-electron chi connectivity index (χ4n) is 4.67. The average molecular weight is 526 g/mol. The molecule has 1 unspecified atom stereocenters. The van der Waals surface area contributed by atoms with E-state index in [-0.39, 0.29) is 18.2 Å². The lowest BCUT2D eigenvalue weighted by Crippen LogP contribution is -2.32. The third-order valence-corrected chi connectivity index (χ3v) is 6.93. The minimum Gasteiger partial charge on any atom is -0.366 e. The molecule has 0 fully saturated rings. The van der Waals surface area contributed by atoms with Gasteiger partial charge in [0, 0.05) is 23.6 Å². The first kappa shape index (κ1) is 29.5. The normalized spacial score (nSPS) is 12.0. The number of benzene rings is 3. The predicted molar refractivity (Wildman–Crippen MR) is 158 cm³/mol. The Morgan fingerprint density at radius 3 is 2.18 bits per heavy atom. The zero-order chi connectivity index (χ0) is 28.2. The van der Waals surface area contributed by atoms with Crippen LogP contribution >= 0.6 is 0 Å². The fourth-order valence-corrected chi connectivity index (χ4v) is 4.67. The summed E-state index contributed by atoms with van der Waals surface area (Å²) in [6.07, 6.45) is 5.16. The highest BCUT2D eigenvalue weighted by atomic mass is 16.2. The highest BCUT2D eigenvalue weighted by Gasteiger charge is 2.24. The van der Waals surface area contributed by atoms with Gasteiger partial charge >= 0.3 is 0 Å². The van der Waals surface area contributed by atoms with Gasteiger partial charge in [-0.3, -0.25) is 19.3 Å². The average Bonchev–Trinajstić information content (AvgIpc) is 2.97. The van der Waals surface area contributed by atoms with Crippen molar-refractivity contribution in [3.05, 3.63) is 106 Å². The number of nitrogens with one attached hydrogen (secondary N) is 1. The summed E-state index contributed by atoms with van der Waals surface area (Å²) in [6, 6.07) is 22.4. The molecule has 0 aliphatic carbocycles. The van der Waals surface area contributed by atoms with Crippen LogP contribution in [-0.4, -0.2) is 42.1 Å². The zero-order valence-electron chi connectivity index (χ0n) is 23.2. The molecule has 6 heteroatoms. The van der Waals surface area contributed by atoms with Gasteiger partial charge in [-0.1, -0.05) is 93.9 Å². The third-order valence-electron chi connectivity index (χ3n) is 6.93. The molecule has 3 rings (SSSR count). The predicted octanol–water partition coefficient (Wildman–Crippen LogP) is 5.68. The number of Topliss-reactive ketones (excluding diaryl/α,β-unsaturated/α-hetero) is 1. The molecule has 0 radical (unpaired) electrons. The Labute approximate surface area is 231 Å². The van der Waals surface area contributed by atoms with E-state index in [0.29, 0.717) is 23.1 Å². The number of amides is 2. The van der Waals surface area contributed by atoms with Gasteiger partial charge in [0.15, 0.2) is 5.78 Å². The minimum atomic E-state index is -0.550. The van der Waals surface area contributed by atoms with E-state index in [9.17, 15) is 14.4 Å². The Morgan fingerprint density at radius 2 is 1.56 bits per heavy atom. The number of ketones is 1. The Hall–Kier alpha value is -4.03. The fraction of sp³-hybridized carbons (Fsp3) is 0.303. The zero-order valence-corrected chi connectivity index (χ0v) is 23.2. The van der Waals surface area contributed by atoms with E-state index < -0.39 is 11.8 Å². The summed E-state index contributed by atoms with van der Waals surface area (Å²) < 4.78 is 0. The van der Waals surface area contributed by atoms with E-state index in [1.165, 1.54) is 5.56 Å². The van der Waals surface area contributed by atoms with E-state index in [1.54, 1.807) is 36.4 Å². The molecule has 2 amide bonds. The highest BCUT2D eigenvalue weighted by molar-refractivity contribution is 6.01. The van der Waals surface area contributed by atoms with Crippen LogP contribution in [0.15, 0.2) is 72.8 Å². The number of carbonyl (C=O) groups is 3. The molecule has 3 aromatic carbocycles. The van der Waals surface area contributed by atoms with E-state index in [4.69, 9.17) is 5.73 Å². The summed E-state index contributed by atoms with van der Waals surface area (Å²) in [5.74, 6) is -1.44. The standard InChI is InChI=1S/C33H39N3O3/c1-4-11-29(31(37)22-35-33(39)26-12-8-7-9-13-26)27-14-10-15-30(32(34)38)28(27)21-20-24-16-18-25(19-17-24)23-36(5-2)6-3/h7-10,12-21,29H,4-6,11,22-23H2,1-3H3,(H2,34,38)(H,35,39). The molecule has 0 heterocycles. The van der Waals surface area contributed by atoms with E-state index in [1.807, 2.05) is 31.2 Å². The molecular formula is C33H39N3O3. The molecule has 3 aromatic rings. The molecule has 0 saturated heterocycles. The highest BCUT2D eigenvalue weighted by Crippen LogP contribution is 2.30. The Bertz CT molecular complexity index is 1280. The van der Waals surface area contributed by atoms with Crippen LogP contribution in [-0.2, 0) is 11.3 Å². The van der Waals surface area contributed by atoms with Crippen LogP contribution in [0.3, 0.4) is 0 Å². The molecule has 1 atom stereocenters. The molecule has 0 aliphatic rings. The molecule has 0 aliphatic heterocycles. The molecule has 3 N–H and O–H groups in total. The first-order valence-electron chi connectivity index (χ1n) is 13.7. The van der Waals surface area contributed by atoms with Crippen molar-refractivity contribution in [3.8, 4) is 0 Å². The number of hydrogen-bond donors (Lipinski definition) is 2. The smallest absolute Gasteiger partial charge is 0.251 e. The van der Waals surface area contributed by atoms with Crippen LogP contribution in [0.25, 0.3) is 12.2 Å². The van der Waals surface area contributed by atoms with E-state index in [2.05, 4.69) is 48.3 Å². The van der Waals surface area contributed by atoms with Crippen LogP contribution in [0.2, 0.25) is 0 Å². The second-order valence-electron chi connectivity index (χ2n) is 9.57. The van der Waals surface area contributed by atoms with Gasteiger partial charge in [-0.25, -0.2) is 0 Å². The quantitative estimate of drug-likeness (QED) is 0.265. The second-order valence-corrected chi connectivity index (χ2v) is 9.57. The molecule has 39 heavy (non-hydrogen) atoms. The van der Waals surface area contributed by atoms with Crippen molar-refractivity contribution in [2.75, 3.05) is 19.6 Å². The number of primary amides is 1. The largest absolute Gasteiger partial charge is 0.366 e. The SMILES string of the molecule is CCCC(C(=O)CNC(=O)c1ccccc1)c1cccc(C(N)=O)c1C=Cc1ccc(CN(CC)CC)cc1. The maximum absolute atomic E-state index is 13.4. The molecule has 0 saturated carbocycles. The van der Waals surface area contributed by atoms with E-state index in [0.717, 1.165) is 37.2 Å². The van der Waals surface area contributed by atoms with Crippen LogP contribution in [0.4, 0.5) is 0 Å². The number of nitrogens with two attached hydrogens (primary N) is 1. The minimum absolute atomic E-state index is 0.101. The lowest BCUT2D eigenvalue weighted by Gasteiger charge is -2.20. The number of carbonyl (C=O) groups excluding carboxylic acids is 3. The lowest BCUT2D eigenvalue weighted by molar-refractivity contribution is -0.119. The van der Waals surface area contributed by atoms with Gasteiger partial charge in [0.2, 0.25) is 5.91 Å². The van der Waals surface area contributed by atoms with Crippen molar-refractivity contribution in [1.82, 2.24) is 10.2 Å². The molecule has 0 aromatic heterocycles. The summed E-state index contributed by atoms with van der Waals surface area (Å²) >= 11 is 0. The molecule has 0 bridgehead atoms. The molecular weight excluding hydrogens is 486 g/mol. The van der Waals surface area contributed by atoms with Gasteiger partial charge < -0.3 is 11.1 Å². The van der Waals surface area contributed by atoms with Crippen molar-refractivity contribution < 1.29 is 14.4 Å². The number of nitrogens with zero attached hydrogens (tertiary/aromatic N) is 1. The molecule has 204 valence electrons. The van der Waals surface area contributed by atoms with Gasteiger partial charge in [-0.15, -0.1) is 0 Å². The third kappa shape index (κ3) is 8.23. The first-order valence-corrected chi connectivity index (χ1v) is 13.7. The second kappa shape index (κ2) is 14.8. The van der Waals surface area contributed by atoms with Gasteiger partial charge in [-0.2, -0.15) is 0 Å². The molecule has 6 nitrogen and oxygen atoms in total. The van der Waals surface area contributed by atoms with E-state index >= 15 is 0 Å². The summed E-state index contributed by atoms with van der Waals surface area (Å²) in [6.45, 7) is 9.11. The monoisotopic (exact) mass is 525 g/mol. The lowest BCUT2D eigenvalue weighted by atomic mass is 9.84. The summed E-state index contributed by atoms with van der Waals surface area (Å²) in [5, 5.41) is 2.75. The van der Waals surface area contributed by atoms with Gasteiger partial charge in [-0.05, 0) is 60.0 Å². The number of rotatable bonds is 14. The van der Waals surface area contributed by atoms with Gasteiger partial charge in [0.25, 0.3) is 5.91 Å². The van der Waals surface area contributed by atoms with Crippen LogP contribution in [0, 0.1) is 0 Å². The van der Waals surface area contributed by atoms with Gasteiger partial charge in [0.05, 0.1) is 6.54 Å². The van der Waals surface area contributed by atoms with Gasteiger partial charge in [0.1, 0.15) is 0 Å². The molecule has 0 spiro atoms. The van der Waals surface area contributed by atoms with Crippen molar-refractivity contribution in [3.63, 3.8) is 0 Å². The van der Waals surface area contributed by atoms with Crippen molar-refractivity contribution in [1.29, 1.82) is 0 Å². The summed E-state index contributed by atoms with van der Waals surface area (Å²) in [4.78, 5) is 40.6. The number of hydrogen-bond acceptors (Lipinski definition) is 4. The summed E-state index contributed by atoms with van der Waals surface area (Å²) in [7, 11) is 0. The van der Waals surface area contributed by atoms with Crippen molar-refractivity contribution >= 4 is 29.7 Å². The Balaban J connectivity index is 1.86. The maximum atomic E-state index is 13.4. The Morgan fingerprint density at radius 1 is 0.872 bits per heavy atom. The van der Waals surface area contributed by atoms with Crippen molar-refractivity contribution in [2.24, 2.45) is 5.73 Å². The first-order chi connectivity index (χ1) is 18.9. The van der Waals surface area contributed by atoms with Crippen LogP contribution in [0.5, 0.6) is 0 Å². The Kier molecular flexibility index (Phi) is 11.2. The van der Waals surface area contributed by atoms with Crippen molar-refractivity contribution in [2.45, 2.75) is 46.1 Å². The summed E-state index contributed by atoms with van der Waals surface area (Å²) in [5.41, 5.74) is 10.2. The topological polar surface area (TPSA) is 92.5 Å².